The number of aromatic nitrogens is 2. The number of nitrogens with zero attached hydrogens (tertiary/aromatic N) is 3. The highest BCUT2D eigenvalue weighted by atomic mass is 15.3. The highest BCUT2D eigenvalue weighted by Crippen LogP contribution is 2.40. The lowest BCUT2D eigenvalue weighted by molar-refractivity contribution is 0.494. The minimum atomic E-state index is 0.729. The number of hydrogen-bond donors (Lipinski definition) is 2. The summed E-state index contributed by atoms with van der Waals surface area (Å²) in [6.45, 7) is 4.32. The van der Waals surface area contributed by atoms with E-state index in [0.29, 0.717) is 0 Å². The Morgan fingerprint density at radius 1 is 1.29 bits per heavy atom. The van der Waals surface area contributed by atoms with Crippen molar-refractivity contribution in [2.75, 3.05) is 23.4 Å². The zero-order valence-electron chi connectivity index (χ0n) is 10.2. The maximum Gasteiger partial charge on any atom is 0.148 e. The molecule has 2 atom stereocenters. The summed E-state index contributed by atoms with van der Waals surface area (Å²) >= 11 is 0. The Kier molecular flexibility index (Phi) is 2.63. The second kappa shape index (κ2) is 4.14. The summed E-state index contributed by atoms with van der Waals surface area (Å²) in [5.41, 5.74) is 3.68. The molecule has 5 heteroatoms. The first-order valence-corrected chi connectivity index (χ1v) is 6.32. The Morgan fingerprint density at radius 3 is 2.65 bits per heavy atom. The molecule has 1 aliphatic heterocycles. The van der Waals surface area contributed by atoms with Gasteiger partial charge in [0.1, 0.15) is 18.0 Å². The van der Waals surface area contributed by atoms with Gasteiger partial charge in [0.15, 0.2) is 0 Å². The maximum atomic E-state index is 5.45. The van der Waals surface area contributed by atoms with Gasteiger partial charge < -0.3 is 10.3 Å². The van der Waals surface area contributed by atoms with Gasteiger partial charge in [0.25, 0.3) is 0 Å². The van der Waals surface area contributed by atoms with Gasteiger partial charge >= 0.3 is 0 Å². The van der Waals surface area contributed by atoms with Gasteiger partial charge in [-0.15, -0.1) is 0 Å². The largest absolute Gasteiger partial charge is 0.356 e. The molecular formula is C12H19N5. The van der Waals surface area contributed by atoms with E-state index in [1.54, 1.807) is 6.33 Å². The van der Waals surface area contributed by atoms with Crippen molar-refractivity contribution in [3.63, 3.8) is 0 Å². The molecule has 0 bridgehead atoms. The van der Waals surface area contributed by atoms with Crippen molar-refractivity contribution in [2.45, 2.75) is 26.2 Å². The molecule has 0 amide bonds. The highest BCUT2D eigenvalue weighted by Gasteiger charge is 2.37. The van der Waals surface area contributed by atoms with E-state index in [-0.39, 0.29) is 0 Å². The summed E-state index contributed by atoms with van der Waals surface area (Å²) in [5.74, 6) is 8.97. The molecule has 0 spiro atoms. The zero-order chi connectivity index (χ0) is 11.8. The van der Waals surface area contributed by atoms with Gasteiger partial charge in [0, 0.05) is 18.7 Å². The molecule has 0 radical (unpaired) electrons. The second-order valence-electron chi connectivity index (χ2n) is 5.17. The molecule has 92 valence electrons. The van der Waals surface area contributed by atoms with Crippen LogP contribution in [0.2, 0.25) is 0 Å². The van der Waals surface area contributed by atoms with Crippen LogP contribution in [-0.4, -0.2) is 23.1 Å². The topological polar surface area (TPSA) is 67.1 Å². The molecule has 1 aromatic heterocycles. The van der Waals surface area contributed by atoms with E-state index in [1.165, 1.54) is 19.3 Å². The average molecular weight is 233 g/mol. The third-order valence-electron chi connectivity index (χ3n) is 4.22. The SMILES string of the molecule is Cc1c(NN)ncnc1N1CC2CCCC2C1. The van der Waals surface area contributed by atoms with Crippen molar-refractivity contribution in [2.24, 2.45) is 17.7 Å². The van der Waals surface area contributed by atoms with Gasteiger partial charge in [-0.05, 0) is 31.6 Å². The molecule has 3 rings (SSSR count). The predicted molar refractivity (Wildman–Crippen MR) is 67.6 cm³/mol. The van der Waals surface area contributed by atoms with Crippen LogP contribution >= 0.6 is 0 Å². The Labute approximate surface area is 101 Å². The zero-order valence-corrected chi connectivity index (χ0v) is 10.2. The highest BCUT2D eigenvalue weighted by molar-refractivity contribution is 5.58. The molecule has 1 aliphatic carbocycles. The first-order valence-electron chi connectivity index (χ1n) is 6.32. The normalized spacial score (nSPS) is 27.3. The number of anilines is 2. The van der Waals surface area contributed by atoms with Crippen molar-refractivity contribution < 1.29 is 0 Å². The first kappa shape index (κ1) is 10.8. The Morgan fingerprint density at radius 2 is 2.00 bits per heavy atom. The van der Waals surface area contributed by atoms with E-state index in [1.807, 2.05) is 6.92 Å². The molecule has 2 heterocycles. The molecule has 1 saturated heterocycles. The van der Waals surface area contributed by atoms with Crippen molar-refractivity contribution in [3.8, 4) is 0 Å². The van der Waals surface area contributed by atoms with Crippen LogP contribution in [0.5, 0.6) is 0 Å². The van der Waals surface area contributed by atoms with Crippen molar-refractivity contribution in [3.05, 3.63) is 11.9 Å². The van der Waals surface area contributed by atoms with Crippen LogP contribution in [-0.2, 0) is 0 Å². The summed E-state index contributed by atoms with van der Waals surface area (Å²) < 4.78 is 0. The quantitative estimate of drug-likeness (QED) is 0.595. The van der Waals surface area contributed by atoms with Crippen molar-refractivity contribution in [1.29, 1.82) is 0 Å². The number of rotatable bonds is 2. The summed E-state index contributed by atoms with van der Waals surface area (Å²) in [4.78, 5) is 10.9. The molecule has 2 aliphatic rings. The molecule has 3 N–H and O–H groups in total. The van der Waals surface area contributed by atoms with E-state index < -0.39 is 0 Å². The van der Waals surface area contributed by atoms with E-state index in [9.17, 15) is 0 Å². The first-order chi connectivity index (χ1) is 8.29. The number of nitrogen functional groups attached to an aromatic ring is 1. The molecular weight excluding hydrogens is 214 g/mol. The average Bonchev–Trinajstić information content (AvgIpc) is 2.89. The second-order valence-corrected chi connectivity index (χ2v) is 5.17. The number of nitrogens with one attached hydrogen (secondary N) is 1. The summed E-state index contributed by atoms with van der Waals surface area (Å²) in [6, 6.07) is 0. The fourth-order valence-electron chi connectivity index (χ4n) is 3.31. The number of nitrogens with two attached hydrogens (primary N) is 1. The lowest BCUT2D eigenvalue weighted by Crippen LogP contribution is -2.24. The van der Waals surface area contributed by atoms with Gasteiger partial charge in [-0.2, -0.15) is 0 Å². The van der Waals surface area contributed by atoms with Crippen LogP contribution in [0.4, 0.5) is 11.6 Å². The van der Waals surface area contributed by atoms with Gasteiger partial charge in [-0.1, -0.05) is 6.42 Å². The number of fused-ring (bicyclic) bond motifs is 1. The Bertz CT molecular complexity index is 407. The third kappa shape index (κ3) is 1.74. The molecule has 0 aromatic carbocycles. The van der Waals surface area contributed by atoms with Gasteiger partial charge in [0.05, 0.1) is 0 Å². The van der Waals surface area contributed by atoms with Crippen molar-refractivity contribution >= 4 is 11.6 Å². The van der Waals surface area contributed by atoms with Gasteiger partial charge in [-0.25, -0.2) is 15.8 Å². The molecule has 1 saturated carbocycles. The lowest BCUT2D eigenvalue weighted by Gasteiger charge is -2.21. The summed E-state index contributed by atoms with van der Waals surface area (Å²) in [5, 5.41) is 0. The molecule has 5 nitrogen and oxygen atoms in total. The number of hydrogen-bond acceptors (Lipinski definition) is 5. The monoisotopic (exact) mass is 233 g/mol. The summed E-state index contributed by atoms with van der Waals surface area (Å²) in [7, 11) is 0. The minimum absolute atomic E-state index is 0.729. The van der Waals surface area contributed by atoms with Crippen LogP contribution in [0.3, 0.4) is 0 Å². The maximum absolute atomic E-state index is 5.45. The Balaban J connectivity index is 1.85. The smallest absolute Gasteiger partial charge is 0.148 e. The van der Waals surface area contributed by atoms with E-state index >= 15 is 0 Å². The number of hydrazine groups is 1. The van der Waals surface area contributed by atoms with Crippen LogP contribution in [0.1, 0.15) is 24.8 Å². The van der Waals surface area contributed by atoms with Crippen molar-refractivity contribution in [1.82, 2.24) is 9.97 Å². The minimum Gasteiger partial charge on any atom is -0.356 e. The Hall–Kier alpha value is -1.36. The standard InChI is InChI=1S/C12H19N5/c1-8-11(16-13)14-7-15-12(8)17-5-9-3-2-4-10(9)6-17/h7,9-10H,2-6,13H2,1H3,(H,14,15,16). The predicted octanol–water partition coefficient (Wildman–Crippen LogP) is 1.31. The lowest BCUT2D eigenvalue weighted by atomic mass is 10.0. The van der Waals surface area contributed by atoms with Gasteiger partial charge in [0.2, 0.25) is 0 Å². The fraction of sp³-hybridized carbons (Fsp3) is 0.667. The van der Waals surface area contributed by atoms with E-state index in [0.717, 1.165) is 42.1 Å². The molecule has 1 aromatic rings. The molecule has 2 unspecified atom stereocenters. The molecule has 2 fully saturated rings. The van der Waals surface area contributed by atoms with Crippen LogP contribution in [0.15, 0.2) is 6.33 Å². The fourth-order valence-corrected chi connectivity index (χ4v) is 3.31. The molecule has 17 heavy (non-hydrogen) atoms. The van der Waals surface area contributed by atoms with E-state index in [4.69, 9.17) is 5.84 Å². The summed E-state index contributed by atoms with van der Waals surface area (Å²) in [6.07, 6.45) is 5.76. The van der Waals surface area contributed by atoms with Crippen LogP contribution in [0, 0.1) is 18.8 Å². The third-order valence-corrected chi connectivity index (χ3v) is 4.22. The van der Waals surface area contributed by atoms with Crippen LogP contribution < -0.4 is 16.2 Å². The van der Waals surface area contributed by atoms with Gasteiger partial charge in [-0.3, -0.25) is 0 Å². The van der Waals surface area contributed by atoms with E-state index in [2.05, 4.69) is 20.3 Å². The van der Waals surface area contributed by atoms with Crippen LogP contribution in [0.25, 0.3) is 0 Å².